The monoisotopic (exact) mass is 242 g/mol. The first kappa shape index (κ1) is 12.6. The van der Waals surface area contributed by atoms with Crippen LogP contribution in [0.15, 0.2) is 46.2 Å². The number of nitrogens with zero attached hydrogens (tertiary/aromatic N) is 2. The number of hydrogen-bond acceptors (Lipinski definition) is 3. The van der Waals surface area contributed by atoms with Gasteiger partial charge in [-0.25, -0.2) is 0 Å². The number of para-hydroxylation sites is 1. The second kappa shape index (κ2) is 6.74. The first-order valence-corrected chi connectivity index (χ1v) is 6.39. The summed E-state index contributed by atoms with van der Waals surface area (Å²) in [7, 11) is 0. The molecule has 1 aromatic carbocycles. The molecule has 0 unspecified atom stereocenters. The Bertz CT molecular complexity index is 475. The molecule has 94 valence electrons. The second-order valence-corrected chi connectivity index (χ2v) is 4.18. The van der Waals surface area contributed by atoms with Gasteiger partial charge in [-0.1, -0.05) is 38.0 Å². The first-order chi connectivity index (χ1) is 8.90. The Morgan fingerprint density at radius 1 is 1.11 bits per heavy atom. The van der Waals surface area contributed by atoms with E-state index < -0.39 is 0 Å². The van der Waals surface area contributed by atoms with Crippen LogP contribution in [0.1, 0.15) is 31.7 Å². The minimum atomic E-state index is 0.719. The van der Waals surface area contributed by atoms with E-state index in [4.69, 9.17) is 4.74 Å². The average Bonchev–Trinajstić information content (AvgIpc) is 2.38. The third kappa shape index (κ3) is 3.55. The van der Waals surface area contributed by atoms with Gasteiger partial charge >= 0.3 is 0 Å². The summed E-state index contributed by atoms with van der Waals surface area (Å²) in [5, 5.41) is 0. The largest absolute Gasteiger partial charge is 0.490 e. The van der Waals surface area contributed by atoms with Gasteiger partial charge < -0.3 is 4.74 Å². The number of rotatable bonds is 5. The van der Waals surface area contributed by atoms with Crippen LogP contribution in [0.3, 0.4) is 0 Å². The Hall–Kier alpha value is -1.90. The summed E-state index contributed by atoms with van der Waals surface area (Å²) >= 11 is 0. The number of aliphatic imine (C=N–C) groups is 2. The fourth-order valence-corrected chi connectivity index (χ4v) is 1.69. The molecule has 0 aliphatic carbocycles. The van der Waals surface area contributed by atoms with Crippen molar-refractivity contribution in [2.24, 2.45) is 9.98 Å². The molecule has 1 heterocycles. The number of unbranched alkanes of at least 4 members (excludes halogenated alkanes) is 2. The Balaban J connectivity index is 2.00. The zero-order chi connectivity index (χ0) is 12.6. The Morgan fingerprint density at radius 2 is 2.00 bits per heavy atom. The summed E-state index contributed by atoms with van der Waals surface area (Å²) in [5.74, 6) is 0.719. The number of allylic oxidation sites excluding steroid dienone is 1. The molecular formula is C15H18N2O. The molecule has 0 amide bonds. The maximum absolute atomic E-state index is 5.63. The van der Waals surface area contributed by atoms with Crippen molar-refractivity contribution in [2.75, 3.05) is 6.61 Å². The lowest BCUT2D eigenvalue weighted by Gasteiger charge is -2.07. The molecule has 1 aliphatic heterocycles. The van der Waals surface area contributed by atoms with Gasteiger partial charge in [0.1, 0.15) is 0 Å². The van der Waals surface area contributed by atoms with Crippen LogP contribution in [0.4, 0.5) is 5.69 Å². The lowest BCUT2D eigenvalue weighted by molar-refractivity contribution is 0.225. The van der Waals surface area contributed by atoms with E-state index in [0.717, 1.165) is 30.0 Å². The number of hydrogen-bond donors (Lipinski definition) is 0. The van der Waals surface area contributed by atoms with E-state index in [1.165, 1.54) is 12.8 Å². The molecule has 2 rings (SSSR count). The lowest BCUT2D eigenvalue weighted by atomic mass is 10.2. The fraction of sp³-hybridized carbons (Fsp3) is 0.333. The van der Waals surface area contributed by atoms with Crippen LogP contribution < -0.4 is 0 Å². The van der Waals surface area contributed by atoms with Gasteiger partial charge in [0.25, 0.3) is 0 Å². The van der Waals surface area contributed by atoms with Crippen molar-refractivity contribution in [2.45, 2.75) is 26.2 Å². The topological polar surface area (TPSA) is 34.0 Å². The summed E-state index contributed by atoms with van der Waals surface area (Å²) in [6.45, 7) is 2.90. The minimum absolute atomic E-state index is 0.719. The molecule has 18 heavy (non-hydrogen) atoms. The number of ether oxygens (including phenoxy) is 1. The molecule has 3 nitrogen and oxygen atoms in total. The van der Waals surface area contributed by atoms with E-state index >= 15 is 0 Å². The average molecular weight is 242 g/mol. The van der Waals surface area contributed by atoms with Gasteiger partial charge in [-0.05, 0) is 12.5 Å². The van der Waals surface area contributed by atoms with Crippen molar-refractivity contribution < 1.29 is 4.74 Å². The van der Waals surface area contributed by atoms with Crippen LogP contribution in [0, 0.1) is 0 Å². The van der Waals surface area contributed by atoms with Crippen molar-refractivity contribution >= 4 is 18.1 Å². The highest BCUT2D eigenvalue weighted by Gasteiger charge is 2.01. The van der Waals surface area contributed by atoms with Gasteiger partial charge in [-0.3, -0.25) is 9.98 Å². The van der Waals surface area contributed by atoms with Crippen LogP contribution in [0.25, 0.3) is 0 Å². The van der Waals surface area contributed by atoms with Crippen molar-refractivity contribution in [1.29, 1.82) is 0 Å². The molecule has 0 spiro atoms. The molecule has 0 radical (unpaired) electrons. The summed E-state index contributed by atoms with van der Waals surface area (Å²) in [6, 6.07) is 7.92. The smallest absolute Gasteiger partial charge is 0.155 e. The van der Waals surface area contributed by atoms with E-state index in [-0.39, 0.29) is 0 Å². The molecule has 0 fully saturated rings. The molecule has 0 bridgehead atoms. The van der Waals surface area contributed by atoms with Crippen LogP contribution in [0.5, 0.6) is 0 Å². The third-order valence-electron chi connectivity index (χ3n) is 2.70. The molecule has 3 heteroatoms. The predicted octanol–water partition coefficient (Wildman–Crippen LogP) is 3.87. The predicted molar refractivity (Wildman–Crippen MR) is 75.7 cm³/mol. The SMILES string of the molecule is CCCCCOC1=C/N=C\c2ccccc2/N=C\1. The zero-order valence-electron chi connectivity index (χ0n) is 10.7. The molecule has 0 saturated carbocycles. The molecular weight excluding hydrogens is 224 g/mol. The van der Waals surface area contributed by atoms with Gasteiger partial charge in [-0.15, -0.1) is 0 Å². The molecule has 0 aromatic heterocycles. The van der Waals surface area contributed by atoms with Crippen molar-refractivity contribution in [3.63, 3.8) is 0 Å². The third-order valence-corrected chi connectivity index (χ3v) is 2.70. The highest BCUT2D eigenvalue weighted by molar-refractivity contribution is 5.91. The van der Waals surface area contributed by atoms with E-state index in [0.29, 0.717) is 0 Å². The van der Waals surface area contributed by atoms with E-state index in [2.05, 4.69) is 16.9 Å². The Kier molecular flexibility index (Phi) is 4.70. The van der Waals surface area contributed by atoms with Crippen molar-refractivity contribution in [1.82, 2.24) is 0 Å². The molecule has 1 aromatic rings. The first-order valence-electron chi connectivity index (χ1n) is 6.39. The van der Waals surface area contributed by atoms with Gasteiger partial charge in [0, 0.05) is 11.8 Å². The maximum atomic E-state index is 5.63. The maximum Gasteiger partial charge on any atom is 0.155 e. The summed E-state index contributed by atoms with van der Waals surface area (Å²) in [4.78, 5) is 8.67. The van der Waals surface area contributed by atoms with Gasteiger partial charge in [0.05, 0.1) is 24.7 Å². The Morgan fingerprint density at radius 3 is 2.89 bits per heavy atom. The van der Waals surface area contributed by atoms with Gasteiger partial charge in [0.2, 0.25) is 0 Å². The van der Waals surface area contributed by atoms with Crippen molar-refractivity contribution in [3.05, 3.63) is 41.8 Å². The highest BCUT2D eigenvalue weighted by Crippen LogP contribution is 2.18. The van der Waals surface area contributed by atoms with E-state index in [9.17, 15) is 0 Å². The van der Waals surface area contributed by atoms with Gasteiger partial charge in [-0.2, -0.15) is 0 Å². The van der Waals surface area contributed by atoms with Crippen LogP contribution in [-0.4, -0.2) is 19.0 Å². The molecule has 0 saturated heterocycles. The molecule has 1 aliphatic rings. The second-order valence-electron chi connectivity index (χ2n) is 4.18. The Labute approximate surface area is 108 Å². The number of fused-ring (bicyclic) bond motifs is 1. The van der Waals surface area contributed by atoms with Crippen molar-refractivity contribution in [3.8, 4) is 0 Å². The minimum Gasteiger partial charge on any atom is -0.490 e. The van der Waals surface area contributed by atoms with Gasteiger partial charge in [0.15, 0.2) is 5.76 Å². The standard InChI is InChI=1S/C15H18N2O/c1-2-3-6-9-18-14-11-16-10-13-7-4-5-8-15(13)17-12-14/h4-5,7-8,10-12H,2-3,6,9H2,1H3/b13-10?,14-11+,14-12?,16-10-,16-11?,17-12-,17-15?. The summed E-state index contributed by atoms with van der Waals surface area (Å²) in [6.07, 6.45) is 8.72. The zero-order valence-corrected chi connectivity index (χ0v) is 10.7. The fourth-order valence-electron chi connectivity index (χ4n) is 1.69. The van der Waals surface area contributed by atoms with Crippen LogP contribution >= 0.6 is 0 Å². The van der Waals surface area contributed by atoms with E-state index in [1.807, 2.05) is 24.3 Å². The quantitative estimate of drug-likeness (QED) is 0.722. The van der Waals surface area contributed by atoms with Crippen LogP contribution in [0.2, 0.25) is 0 Å². The molecule has 0 N–H and O–H groups in total. The lowest BCUT2D eigenvalue weighted by Crippen LogP contribution is -1.97. The number of benzene rings is 1. The molecule has 0 atom stereocenters. The van der Waals surface area contributed by atoms with E-state index in [1.54, 1.807) is 18.6 Å². The summed E-state index contributed by atoms with van der Waals surface area (Å²) in [5.41, 5.74) is 1.94. The van der Waals surface area contributed by atoms with Crippen LogP contribution in [-0.2, 0) is 4.74 Å². The highest BCUT2D eigenvalue weighted by atomic mass is 16.5. The summed E-state index contributed by atoms with van der Waals surface area (Å²) < 4.78 is 5.63. The normalized spacial score (nSPS) is 19.9.